The van der Waals surface area contributed by atoms with Crippen molar-refractivity contribution in [3.63, 3.8) is 0 Å². The van der Waals surface area contributed by atoms with Gasteiger partial charge in [-0.25, -0.2) is 17.8 Å². The number of carbonyl (C=O) groups excluding carboxylic acids is 1. The van der Waals surface area contributed by atoms with Gasteiger partial charge >= 0.3 is 0 Å². The third-order valence-electron chi connectivity index (χ3n) is 6.63. The number of carbonyl (C=O) groups is 1. The second kappa shape index (κ2) is 10.5. The molecule has 0 spiro atoms. The van der Waals surface area contributed by atoms with Crippen LogP contribution in [0.15, 0.2) is 47.4 Å². The number of benzene rings is 2. The topological polar surface area (TPSA) is 83.1 Å². The van der Waals surface area contributed by atoms with E-state index in [1.807, 2.05) is 0 Å². The number of morpholine rings is 1. The van der Waals surface area contributed by atoms with Gasteiger partial charge in [0.2, 0.25) is 10.0 Å². The highest BCUT2D eigenvalue weighted by Crippen LogP contribution is 2.32. The Morgan fingerprint density at radius 2 is 1.89 bits per heavy atom. The van der Waals surface area contributed by atoms with E-state index in [0.717, 1.165) is 32.5 Å². The Bertz CT molecular complexity index is 1340. The molecule has 1 aliphatic heterocycles. The molecule has 1 saturated heterocycles. The van der Waals surface area contributed by atoms with Crippen LogP contribution in [0, 0.1) is 5.82 Å². The Hall–Kier alpha value is -2.44. The summed E-state index contributed by atoms with van der Waals surface area (Å²) in [5.41, 5.74) is 0.599. The minimum Gasteiger partial charge on any atom is -0.379 e. The molecule has 5 rings (SSSR count). The first-order chi connectivity index (χ1) is 17.3. The van der Waals surface area contributed by atoms with Gasteiger partial charge in [-0.2, -0.15) is 4.31 Å². The fourth-order valence-corrected chi connectivity index (χ4v) is 6.73. The van der Waals surface area contributed by atoms with Gasteiger partial charge in [0.25, 0.3) is 5.91 Å². The van der Waals surface area contributed by atoms with Crippen molar-refractivity contribution in [3.8, 4) is 0 Å². The van der Waals surface area contributed by atoms with E-state index in [2.05, 4.69) is 9.88 Å². The lowest BCUT2D eigenvalue weighted by Crippen LogP contribution is -2.39. The first kappa shape index (κ1) is 25.2. The Morgan fingerprint density at radius 1 is 1.17 bits per heavy atom. The van der Waals surface area contributed by atoms with Crippen molar-refractivity contribution >= 4 is 42.6 Å². The molecule has 36 heavy (non-hydrogen) atoms. The summed E-state index contributed by atoms with van der Waals surface area (Å²) in [6, 6.07) is 10.9. The SMILES string of the molecule is CN(C1CC1)S(=O)(=O)c1ccc(C(=O)N(CCCN2CCOCC2)c2nc3c(F)cccc3s2)cc1. The number of thiazole rings is 1. The molecule has 192 valence electrons. The summed E-state index contributed by atoms with van der Waals surface area (Å²) in [4.78, 5) is 22.1. The summed E-state index contributed by atoms with van der Waals surface area (Å²) < 4.78 is 47.5. The van der Waals surface area contributed by atoms with Crippen LogP contribution in [-0.4, -0.2) is 81.0 Å². The van der Waals surface area contributed by atoms with Gasteiger partial charge in [-0.15, -0.1) is 0 Å². The first-order valence-electron chi connectivity index (χ1n) is 12.1. The molecule has 0 bridgehead atoms. The molecule has 3 aromatic rings. The molecular formula is C25H29FN4O4S2. The molecule has 2 fully saturated rings. The first-order valence-corrected chi connectivity index (χ1v) is 14.4. The number of anilines is 1. The quantitative estimate of drug-likeness (QED) is 0.419. The Labute approximate surface area is 214 Å². The predicted molar refractivity (Wildman–Crippen MR) is 138 cm³/mol. The number of ether oxygens (including phenoxy) is 1. The van der Waals surface area contributed by atoms with Crippen molar-refractivity contribution in [1.82, 2.24) is 14.2 Å². The van der Waals surface area contributed by atoms with Gasteiger partial charge < -0.3 is 4.74 Å². The molecule has 11 heteroatoms. The Balaban J connectivity index is 1.38. The standard InChI is InChI=1S/C25H29FN4O4S2/c1-28(19-8-9-19)36(32,33)20-10-6-18(7-11-20)24(31)30(13-3-12-29-14-16-34-17-15-29)25-27-23-21(26)4-2-5-22(23)35-25/h2,4-7,10-11,19H,3,8-9,12-17H2,1H3. The van der Waals surface area contributed by atoms with E-state index in [1.165, 1.54) is 33.8 Å². The summed E-state index contributed by atoms with van der Waals surface area (Å²) >= 11 is 1.27. The Morgan fingerprint density at radius 3 is 2.56 bits per heavy atom. The van der Waals surface area contributed by atoms with Crippen LogP contribution in [0.5, 0.6) is 0 Å². The molecule has 1 amide bonds. The smallest absolute Gasteiger partial charge is 0.260 e. The summed E-state index contributed by atoms with van der Waals surface area (Å²) in [5.74, 6) is -0.721. The maximum Gasteiger partial charge on any atom is 0.260 e. The van der Waals surface area contributed by atoms with E-state index in [0.29, 0.717) is 41.6 Å². The minimum atomic E-state index is -3.60. The zero-order valence-corrected chi connectivity index (χ0v) is 21.7. The summed E-state index contributed by atoms with van der Waals surface area (Å²) in [7, 11) is -2.01. The lowest BCUT2D eigenvalue weighted by Gasteiger charge is -2.27. The molecule has 0 radical (unpaired) electrons. The monoisotopic (exact) mass is 532 g/mol. The predicted octanol–water partition coefficient (Wildman–Crippen LogP) is 3.59. The van der Waals surface area contributed by atoms with E-state index in [1.54, 1.807) is 36.2 Å². The molecule has 0 N–H and O–H groups in total. The van der Waals surface area contributed by atoms with Crippen molar-refractivity contribution in [2.75, 3.05) is 51.3 Å². The second-order valence-electron chi connectivity index (χ2n) is 9.12. The number of halogens is 1. The van der Waals surface area contributed by atoms with Crippen molar-refractivity contribution in [3.05, 3.63) is 53.8 Å². The molecule has 2 aromatic carbocycles. The van der Waals surface area contributed by atoms with E-state index >= 15 is 0 Å². The minimum absolute atomic E-state index is 0.0534. The van der Waals surface area contributed by atoms with Crippen LogP contribution in [-0.2, 0) is 14.8 Å². The zero-order valence-electron chi connectivity index (χ0n) is 20.1. The molecule has 1 aromatic heterocycles. The molecule has 1 aliphatic carbocycles. The van der Waals surface area contributed by atoms with Crippen LogP contribution in [0.4, 0.5) is 9.52 Å². The largest absolute Gasteiger partial charge is 0.379 e. The highest BCUT2D eigenvalue weighted by atomic mass is 32.2. The molecule has 2 heterocycles. The summed E-state index contributed by atoms with van der Waals surface area (Å²) in [6.45, 7) is 4.31. The molecule has 0 atom stereocenters. The third-order valence-corrected chi connectivity index (χ3v) is 9.60. The van der Waals surface area contributed by atoms with Crippen molar-refractivity contribution in [2.24, 2.45) is 0 Å². The van der Waals surface area contributed by atoms with Gasteiger partial charge in [0.05, 0.1) is 22.8 Å². The number of rotatable bonds is 9. The average Bonchev–Trinajstić information content (AvgIpc) is 3.65. The summed E-state index contributed by atoms with van der Waals surface area (Å²) in [6.07, 6.45) is 2.45. The van der Waals surface area contributed by atoms with Crippen molar-refractivity contribution < 1.29 is 22.3 Å². The van der Waals surface area contributed by atoms with Crippen LogP contribution < -0.4 is 4.90 Å². The number of sulfonamides is 1. The van der Waals surface area contributed by atoms with Gasteiger partial charge in [-0.1, -0.05) is 17.4 Å². The number of aromatic nitrogens is 1. The van der Waals surface area contributed by atoms with Gasteiger partial charge in [-0.05, 0) is 55.7 Å². The average molecular weight is 533 g/mol. The highest BCUT2D eigenvalue weighted by Gasteiger charge is 2.35. The number of nitrogens with zero attached hydrogens (tertiary/aromatic N) is 4. The molecule has 1 saturated carbocycles. The van der Waals surface area contributed by atoms with Crippen LogP contribution in [0.25, 0.3) is 10.2 Å². The van der Waals surface area contributed by atoms with E-state index in [9.17, 15) is 17.6 Å². The third kappa shape index (κ3) is 5.30. The van der Waals surface area contributed by atoms with E-state index < -0.39 is 15.8 Å². The van der Waals surface area contributed by atoms with Gasteiger partial charge in [0, 0.05) is 44.8 Å². The van der Waals surface area contributed by atoms with Gasteiger partial charge in [0.15, 0.2) is 5.13 Å². The number of hydrogen-bond acceptors (Lipinski definition) is 7. The van der Waals surface area contributed by atoms with E-state index in [-0.39, 0.29) is 22.4 Å². The van der Waals surface area contributed by atoms with Crippen LogP contribution in [0.3, 0.4) is 0 Å². The molecule has 0 unspecified atom stereocenters. The van der Waals surface area contributed by atoms with E-state index in [4.69, 9.17) is 4.74 Å². The fraction of sp³-hybridized carbons (Fsp3) is 0.440. The van der Waals surface area contributed by atoms with Crippen LogP contribution >= 0.6 is 11.3 Å². The number of amides is 1. The second-order valence-corrected chi connectivity index (χ2v) is 12.1. The van der Waals surface area contributed by atoms with Crippen molar-refractivity contribution in [1.29, 1.82) is 0 Å². The number of hydrogen-bond donors (Lipinski definition) is 0. The van der Waals surface area contributed by atoms with Crippen LogP contribution in [0.2, 0.25) is 0 Å². The lowest BCUT2D eigenvalue weighted by atomic mass is 10.2. The molecular weight excluding hydrogens is 503 g/mol. The highest BCUT2D eigenvalue weighted by molar-refractivity contribution is 7.89. The number of fused-ring (bicyclic) bond motifs is 1. The molecule has 8 nitrogen and oxygen atoms in total. The Kier molecular flexibility index (Phi) is 7.36. The zero-order chi connectivity index (χ0) is 25.3. The molecule has 2 aliphatic rings. The van der Waals surface area contributed by atoms with Crippen LogP contribution in [0.1, 0.15) is 29.6 Å². The van der Waals surface area contributed by atoms with Gasteiger partial charge in [-0.3, -0.25) is 14.6 Å². The lowest BCUT2D eigenvalue weighted by molar-refractivity contribution is 0.0376. The maximum atomic E-state index is 14.3. The maximum absolute atomic E-state index is 14.3. The fourth-order valence-electron chi connectivity index (χ4n) is 4.31. The van der Waals surface area contributed by atoms with Gasteiger partial charge in [0.1, 0.15) is 11.3 Å². The number of para-hydroxylation sites is 1. The normalized spacial score (nSPS) is 17.1. The summed E-state index contributed by atoms with van der Waals surface area (Å²) in [5, 5.41) is 0.423. The van der Waals surface area contributed by atoms with Crippen molar-refractivity contribution in [2.45, 2.75) is 30.2 Å².